The highest BCUT2D eigenvalue weighted by atomic mass is 35.5. The molecule has 1 aliphatic heterocycles. The van der Waals surface area contributed by atoms with Crippen molar-refractivity contribution in [1.29, 1.82) is 0 Å². The summed E-state index contributed by atoms with van der Waals surface area (Å²) in [6.45, 7) is 8.20. The van der Waals surface area contributed by atoms with Crippen molar-refractivity contribution in [2.45, 2.75) is 39.8 Å². The van der Waals surface area contributed by atoms with Gasteiger partial charge in [-0.2, -0.15) is 0 Å². The van der Waals surface area contributed by atoms with E-state index in [9.17, 15) is 23.9 Å². The van der Waals surface area contributed by atoms with Gasteiger partial charge in [0.1, 0.15) is 18.0 Å². The van der Waals surface area contributed by atoms with Gasteiger partial charge in [0.15, 0.2) is 0 Å². The van der Waals surface area contributed by atoms with Crippen molar-refractivity contribution >= 4 is 35.5 Å². The first-order valence-electron chi connectivity index (χ1n) is 11.4. The minimum absolute atomic E-state index is 0.0898. The third kappa shape index (κ3) is 7.03. The second-order valence-corrected chi connectivity index (χ2v) is 9.82. The number of aryl methyl sites for hydroxylation is 1. The van der Waals surface area contributed by atoms with Gasteiger partial charge < -0.3 is 24.5 Å². The topological polar surface area (TPSA) is 116 Å². The van der Waals surface area contributed by atoms with Crippen molar-refractivity contribution in [3.63, 3.8) is 0 Å². The number of nitrogens with zero attached hydrogens (tertiary/aromatic N) is 5. The second-order valence-electron chi connectivity index (χ2n) is 9.41. The van der Waals surface area contributed by atoms with E-state index in [-0.39, 0.29) is 23.2 Å². The van der Waals surface area contributed by atoms with Crippen LogP contribution in [0.1, 0.15) is 42.4 Å². The molecule has 1 aliphatic rings. The molecule has 1 saturated heterocycles. The third-order valence-corrected chi connectivity index (χ3v) is 5.75. The zero-order valence-electron chi connectivity index (χ0n) is 20.6. The molecule has 2 amide bonds. The van der Waals surface area contributed by atoms with Gasteiger partial charge in [0, 0.05) is 43.9 Å². The van der Waals surface area contributed by atoms with Crippen LogP contribution < -0.4 is 4.90 Å². The molecule has 2 heterocycles. The minimum atomic E-state index is -1.21. The number of carbonyl (C=O) groups is 3. The highest BCUT2D eigenvalue weighted by Gasteiger charge is 2.28. The molecule has 0 saturated carbocycles. The summed E-state index contributed by atoms with van der Waals surface area (Å²) in [7, 11) is 0. The Bertz CT molecular complexity index is 1150. The van der Waals surface area contributed by atoms with Crippen LogP contribution in [-0.2, 0) is 16.1 Å². The quantitative estimate of drug-likeness (QED) is 0.615. The van der Waals surface area contributed by atoms with E-state index in [4.69, 9.17) is 16.3 Å². The van der Waals surface area contributed by atoms with Crippen LogP contribution in [0.3, 0.4) is 0 Å². The highest BCUT2D eigenvalue weighted by Crippen LogP contribution is 2.21. The lowest BCUT2D eigenvalue weighted by molar-refractivity contribution is -0.137. The van der Waals surface area contributed by atoms with E-state index in [0.29, 0.717) is 43.4 Å². The molecule has 2 aromatic rings. The molecular weight excluding hydrogens is 493 g/mol. The maximum Gasteiger partial charge on any atom is 0.410 e. The Balaban J connectivity index is 1.71. The molecule has 1 fully saturated rings. The first-order valence-corrected chi connectivity index (χ1v) is 11.7. The number of carboxylic acids is 1. The van der Waals surface area contributed by atoms with Gasteiger partial charge in [-0.15, -0.1) is 0 Å². The molecule has 36 heavy (non-hydrogen) atoms. The lowest BCUT2D eigenvalue weighted by Gasteiger charge is -2.35. The molecule has 0 aliphatic carbocycles. The summed E-state index contributed by atoms with van der Waals surface area (Å²) >= 11 is 6.07. The molecule has 194 valence electrons. The molecule has 3 rings (SSSR count). The van der Waals surface area contributed by atoms with E-state index in [1.165, 1.54) is 18.3 Å². The average Bonchev–Trinajstić information content (AvgIpc) is 2.78. The number of hydrogen-bond acceptors (Lipinski definition) is 7. The first kappa shape index (κ1) is 27.1. The first-order chi connectivity index (χ1) is 16.8. The molecular formula is C24H29ClFN5O5. The Hall–Kier alpha value is -3.47. The SMILES string of the molecule is Cc1nc(N2CCN(C(=O)OC(C)(C)C)CC2)ncc1C(=O)N(CC(=O)O)Cc1ccc(F)cc1Cl. The number of hydrogen-bond donors (Lipinski definition) is 1. The summed E-state index contributed by atoms with van der Waals surface area (Å²) in [4.78, 5) is 50.3. The predicted octanol–water partition coefficient (Wildman–Crippen LogP) is 3.36. The Labute approximate surface area is 213 Å². The number of benzene rings is 1. The van der Waals surface area contributed by atoms with E-state index < -0.39 is 29.8 Å². The van der Waals surface area contributed by atoms with E-state index >= 15 is 0 Å². The molecule has 0 atom stereocenters. The average molecular weight is 522 g/mol. The number of halogens is 2. The third-order valence-electron chi connectivity index (χ3n) is 5.40. The summed E-state index contributed by atoms with van der Waals surface area (Å²) in [5.41, 5.74) is 0.351. The van der Waals surface area contributed by atoms with Crippen LogP contribution in [0.4, 0.5) is 15.1 Å². The fourth-order valence-corrected chi connectivity index (χ4v) is 3.85. The number of aliphatic carboxylic acids is 1. The smallest absolute Gasteiger partial charge is 0.410 e. The molecule has 0 spiro atoms. The monoisotopic (exact) mass is 521 g/mol. The summed E-state index contributed by atoms with van der Waals surface area (Å²) in [6.07, 6.45) is 0.987. The maximum atomic E-state index is 13.4. The molecule has 1 aromatic carbocycles. The number of aromatic nitrogens is 2. The molecule has 0 bridgehead atoms. The van der Waals surface area contributed by atoms with Crippen molar-refractivity contribution in [1.82, 2.24) is 19.8 Å². The van der Waals surface area contributed by atoms with Crippen LogP contribution in [0.5, 0.6) is 0 Å². The van der Waals surface area contributed by atoms with Crippen molar-refractivity contribution < 1.29 is 28.6 Å². The fourth-order valence-electron chi connectivity index (χ4n) is 3.62. The number of piperazine rings is 1. The van der Waals surface area contributed by atoms with Gasteiger partial charge in [0.25, 0.3) is 5.91 Å². The van der Waals surface area contributed by atoms with Crippen molar-refractivity contribution in [2.24, 2.45) is 0 Å². The summed E-state index contributed by atoms with van der Waals surface area (Å²) in [5.74, 6) is -1.93. The van der Waals surface area contributed by atoms with E-state index in [1.807, 2.05) is 25.7 Å². The molecule has 0 unspecified atom stereocenters. The Morgan fingerprint density at radius 2 is 1.86 bits per heavy atom. The maximum absolute atomic E-state index is 13.4. The second kappa shape index (κ2) is 11.1. The number of anilines is 1. The molecule has 12 heteroatoms. The van der Waals surface area contributed by atoms with Gasteiger partial charge in [0.2, 0.25) is 5.95 Å². The van der Waals surface area contributed by atoms with Gasteiger partial charge in [-0.3, -0.25) is 9.59 Å². The Kier molecular flexibility index (Phi) is 8.34. The van der Waals surface area contributed by atoms with Crippen LogP contribution >= 0.6 is 11.6 Å². The number of amides is 2. The zero-order chi connectivity index (χ0) is 26.6. The summed E-state index contributed by atoms with van der Waals surface area (Å²) in [6, 6.07) is 3.70. The molecule has 10 nitrogen and oxygen atoms in total. The Morgan fingerprint density at radius 1 is 1.19 bits per heavy atom. The normalized spacial score (nSPS) is 13.9. The minimum Gasteiger partial charge on any atom is -0.480 e. The fraction of sp³-hybridized carbons (Fsp3) is 0.458. The number of rotatable bonds is 6. The van der Waals surface area contributed by atoms with Crippen LogP contribution in [0.15, 0.2) is 24.4 Å². The molecule has 1 N–H and O–H groups in total. The summed E-state index contributed by atoms with van der Waals surface area (Å²) < 4.78 is 18.8. The Morgan fingerprint density at radius 3 is 2.42 bits per heavy atom. The standard InChI is InChI=1S/C24H29ClFN5O5/c1-15-18(21(34)31(14-20(32)33)13-16-5-6-17(26)11-19(16)25)12-27-22(28-15)29-7-9-30(10-8-29)23(35)36-24(2,3)4/h5-6,11-12H,7-10,13-14H2,1-4H3,(H,32,33). The van der Waals surface area contributed by atoms with Gasteiger partial charge in [-0.05, 0) is 45.4 Å². The number of carboxylic acid groups (broad SMARTS) is 1. The van der Waals surface area contributed by atoms with Gasteiger partial charge in [-0.25, -0.2) is 19.2 Å². The van der Waals surface area contributed by atoms with Crippen LogP contribution in [0.2, 0.25) is 5.02 Å². The predicted molar refractivity (Wildman–Crippen MR) is 131 cm³/mol. The van der Waals surface area contributed by atoms with Gasteiger partial charge >= 0.3 is 12.1 Å². The van der Waals surface area contributed by atoms with Crippen molar-refractivity contribution in [3.05, 3.63) is 52.1 Å². The largest absolute Gasteiger partial charge is 0.480 e. The van der Waals surface area contributed by atoms with Crippen LogP contribution in [0.25, 0.3) is 0 Å². The zero-order valence-corrected chi connectivity index (χ0v) is 21.4. The van der Waals surface area contributed by atoms with Crippen molar-refractivity contribution in [3.8, 4) is 0 Å². The number of ether oxygens (including phenoxy) is 1. The lowest BCUT2D eigenvalue weighted by atomic mass is 10.1. The highest BCUT2D eigenvalue weighted by molar-refractivity contribution is 6.31. The van der Waals surface area contributed by atoms with Crippen LogP contribution in [0, 0.1) is 12.7 Å². The van der Waals surface area contributed by atoms with Crippen molar-refractivity contribution in [2.75, 3.05) is 37.6 Å². The molecule has 0 radical (unpaired) electrons. The molecule has 1 aromatic heterocycles. The van der Waals surface area contributed by atoms with Crippen LogP contribution in [-0.4, -0.2) is 81.2 Å². The van der Waals surface area contributed by atoms with Gasteiger partial charge in [0.05, 0.1) is 11.3 Å². The van der Waals surface area contributed by atoms with E-state index in [2.05, 4.69) is 9.97 Å². The number of carbonyl (C=O) groups excluding carboxylic acids is 2. The van der Waals surface area contributed by atoms with E-state index in [1.54, 1.807) is 11.8 Å². The van der Waals surface area contributed by atoms with E-state index in [0.717, 1.165) is 11.0 Å². The van der Waals surface area contributed by atoms with Gasteiger partial charge in [-0.1, -0.05) is 17.7 Å². The lowest BCUT2D eigenvalue weighted by Crippen LogP contribution is -2.50. The summed E-state index contributed by atoms with van der Waals surface area (Å²) in [5, 5.41) is 9.41.